The molecule has 1 aromatic rings. The summed E-state index contributed by atoms with van der Waals surface area (Å²) in [6.07, 6.45) is 2.53. The molecule has 7 heteroatoms. The summed E-state index contributed by atoms with van der Waals surface area (Å²) in [6, 6.07) is 0. The number of nitrogens with one attached hydrogen (secondary N) is 1. The number of aromatic nitrogens is 4. The van der Waals surface area contributed by atoms with E-state index in [9.17, 15) is 4.79 Å². The fraction of sp³-hybridized carbons (Fsp3) is 0.778. The summed E-state index contributed by atoms with van der Waals surface area (Å²) in [6.45, 7) is 3.90. The highest BCUT2D eigenvalue weighted by atomic mass is 16.2. The normalized spacial score (nSPS) is 16.6. The molecule has 1 saturated heterocycles. The minimum absolute atomic E-state index is 0.129. The minimum Gasteiger partial charge on any atom is -0.338 e. The summed E-state index contributed by atoms with van der Waals surface area (Å²) in [7, 11) is 1.76. The molecular weight excluding hydrogens is 208 g/mol. The molecule has 2 heterocycles. The number of likely N-dealkylation sites (N-methyl/N-ethyl adjacent to an activating group) is 1. The molecule has 88 valence electrons. The molecular formula is C9H16N6O. The predicted molar refractivity (Wildman–Crippen MR) is 56.8 cm³/mol. The number of aromatic amines is 1. The van der Waals surface area contributed by atoms with Crippen molar-refractivity contribution in [3.8, 4) is 0 Å². The second kappa shape index (κ2) is 5.02. The molecule has 7 nitrogen and oxygen atoms in total. The van der Waals surface area contributed by atoms with Crippen molar-refractivity contribution < 1.29 is 4.79 Å². The van der Waals surface area contributed by atoms with Crippen LogP contribution < -0.4 is 0 Å². The Balaban J connectivity index is 1.78. The van der Waals surface area contributed by atoms with Crippen molar-refractivity contribution in [1.29, 1.82) is 0 Å². The average Bonchev–Trinajstić information content (AvgIpc) is 2.96. The molecule has 0 aromatic carbocycles. The van der Waals surface area contributed by atoms with E-state index in [4.69, 9.17) is 0 Å². The van der Waals surface area contributed by atoms with E-state index in [-0.39, 0.29) is 11.7 Å². The molecule has 0 radical (unpaired) electrons. The van der Waals surface area contributed by atoms with Crippen molar-refractivity contribution in [2.75, 3.05) is 33.2 Å². The number of H-pyrrole nitrogens is 1. The van der Waals surface area contributed by atoms with Gasteiger partial charge in [0.05, 0.1) is 0 Å². The number of rotatable bonds is 4. The van der Waals surface area contributed by atoms with E-state index in [1.807, 2.05) is 0 Å². The molecule has 1 amide bonds. The summed E-state index contributed by atoms with van der Waals surface area (Å²) in [5.74, 6) is -0.0585. The molecule has 0 saturated carbocycles. The zero-order valence-electron chi connectivity index (χ0n) is 9.39. The van der Waals surface area contributed by atoms with Gasteiger partial charge in [-0.2, -0.15) is 5.21 Å². The zero-order valence-corrected chi connectivity index (χ0v) is 9.39. The van der Waals surface area contributed by atoms with E-state index in [0.717, 1.165) is 19.6 Å². The van der Waals surface area contributed by atoms with E-state index in [2.05, 4.69) is 25.5 Å². The highest BCUT2D eigenvalue weighted by Crippen LogP contribution is 2.06. The Morgan fingerprint density at radius 2 is 2.25 bits per heavy atom. The first kappa shape index (κ1) is 11.0. The average molecular weight is 224 g/mol. The zero-order chi connectivity index (χ0) is 11.4. The van der Waals surface area contributed by atoms with Gasteiger partial charge in [0, 0.05) is 20.1 Å². The first-order valence-corrected chi connectivity index (χ1v) is 5.48. The molecule has 16 heavy (non-hydrogen) atoms. The van der Waals surface area contributed by atoms with Crippen molar-refractivity contribution in [1.82, 2.24) is 30.4 Å². The molecule has 0 aliphatic carbocycles. The maximum atomic E-state index is 11.7. The van der Waals surface area contributed by atoms with Crippen molar-refractivity contribution in [3.05, 3.63) is 5.82 Å². The summed E-state index contributed by atoms with van der Waals surface area (Å²) in [4.78, 5) is 15.7. The molecule has 0 atom stereocenters. The molecule has 1 aromatic heterocycles. The molecule has 0 spiro atoms. The lowest BCUT2D eigenvalue weighted by molar-refractivity contribution is 0.0770. The fourth-order valence-corrected chi connectivity index (χ4v) is 1.82. The molecule has 1 fully saturated rings. The van der Waals surface area contributed by atoms with Gasteiger partial charge < -0.3 is 9.80 Å². The molecule has 0 unspecified atom stereocenters. The van der Waals surface area contributed by atoms with Gasteiger partial charge >= 0.3 is 0 Å². The number of carbonyl (C=O) groups is 1. The number of tetrazole rings is 1. The molecule has 2 rings (SSSR count). The SMILES string of the molecule is CN(CCN1CCCC1)C(=O)c1nn[nH]n1. The third kappa shape index (κ3) is 2.54. The standard InChI is InChI=1S/C9H16N6O/c1-14(6-7-15-4-2-3-5-15)9(16)8-10-12-13-11-8/h2-7H2,1H3,(H,10,11,12,13). The summed E-state index contributed by atoms with van der Waals surface area (Å²) in [5, 5.41) is 13.0. The van der Waals surface area contributed by atoms with Gasteiger partial charge in [0.2, 0.25) is 0 Å². The fourth-order valence-electron chi connectivity index (χ4n) is 1.82. The van der Waals surface area contributed by atoms with Crippen molar-refractivity contribution >= 4 is 5.91 Å². The first-order valence-electron chi connectivity index (χ1n) is 5.48. The van der Waals surface area contributed by atoms with E-state index in [0.29, 0.717) is 6.54 Å². The highest BCUT2D eigenvalue weighted by Gasteiger charge is 2.18. The van der Waals surface area contributed by atoms with Gasteiger partial charge in [-0.3, -0.25) is 4.79 Å². The Morgan fingerprint density at radius 3 is 2.88 bits per heavy atom. The van der Waals surface area contributed by atoms with Crippen molar-refractivity contribution in [2.45, 2.75) is 12.8 Å². The smallest absolute Gasteiger partial charge is 0.295 e. The van der Waals surface area contributed by atoms with E-state index >= 15 is 0 Å². The quantitative estimate of drug-likeness (QED) is 0.736. The lowest BCUT2D eigenvalue weighted by atomic mass is 10.4. The number of hydrogen-bond donors (Lipinski definition) is 1. The topological polar surface area (TPSA) is 78.0 Å². The van der Waals surface area contributed by atoms with Gasteiger partial charge in [-0.15, -0.1) is 10.2 Å². The van der Waals surface area contributed by atoms with Crippen molar-refractivity contribution in [3.63, 3.8) is 0 Å². The Bertz CT molecular complexity index is 332. The Morgan fingerprint density at radius 1 is 1.50 bits per heavy atom. The minimum atomic E-state index is -0.187. The Labute approximate surface area is 93.8 Å². The Kier molecular flexibility index (Phi) is 3.45. The number of amides is 1. The molecule has 0 bridgehead atoms. The van der Waals surface area contributed by atoms with Gasteiger partial charge in [0.15, 0.2) is 0 Å². The van der Waals surface area contributed by atoms with Crippen molar-refractivity contribution in [2.24, 2.45) is 0 Å². The summed E-state index contributed by atoms with van der Waals surface area (Å²) < 4.78 is 0. The largest absolute Gasteiger partial charge is 0.338 e. The van der Waals surface area contributed by atoms with E-state index in [1.165, 1.54) is 12.8 Å². The van der Waals surface area contributed by atoms with Crippen LogP contribution in [0.2, 0.25) is 0 Å². The van der Waals surface area contributed by atoms with Crippen LogP contribution in [0.15, 0.2) is 0 Å². The number of likely N-dealkylation sites (tertiary alicyclic amines) is 1. The number of carbonyl (C=O) groups excluding carboxylic acids is 1. The predicted octanol–water partition coefficient (Wildman–Crippen LogP) is -0.632. The van der Waals surface area contributed by atoms with Gasteiger partial charge in [-0.25, -0.2) is 0 Å². The number of hydrogen-bond acceptors (Lipinski definition) is 5. The van der Waals surface area contributed by atoms with Crippen LogP contribution in [0.4, 0.5) is 0 Å². The summed E-state index contributed by atoms with van der Waals surface area (Å²) in [5.41, 5.74) is 0. The third-order valence-corrected chi connectivity index (χ3v) is 2.83. The van der Waals surface area contributed by atoms with Crippen LogP contribution in [0.1, 0.15) is 23.5 Å². The first-order chi connectivity index (χ1) is 7.77. The van der Waals surface area contributed by atoms with Crippen LogP contribution in [0, 0.1) is 0 Å². The summed E-state index contributed by atoms with van der Waals surface area (Å²) >= 11 is 0. The maximum Gasteiger partial charge on any atom is 0.295 e. The van der Waals surface area contributed by atoms with Gasteiger partial charge in [0.1, 0.15) is 0 Å². The second-order valence-corrected chi connectivity index (χ2v) is 4.01. The van der Waals surface area contributed by atoms with Crippen LogP contribution in [0.25, 0.3) is 0 Å². The van der Waals surface area contributed by atoms with Gasteiger partial charge in [-0.1, -0.05) is 0 Å². The monoisotopic (exact) mass is 224 g/mol. The third-order valence-electron chi connectivity index (χ3n) is 2.83. The van der Waals surface area contributed by atoms with Crippen LogP contribution in [0.3, 0.4) is 0 Å². The van der Waals surface area contributed by atoms with Crippen LogP contribution >= 0.6 is 0 Å². The van der Waals surface area contributed by atoms with Crippen LogP contribution in [-0.4, -0.2) is 69.6 Å². The molecule has 1 aliphatic heterocycles. The number of nitrogens with zero attached hydrogens (tertiary/aromatic N) is 5. The molecule has 1 aliphatic rings. The van der Waals surface area contributed by atoms with Gasteiger partial charge in [-0.05, 0) is 31.1 Å². The second-order valence-electron chi connectivity index (χ2n) is 4.01. The lowest BCUT2D eigenvalue weighted by Crippen LogP contribution is -2.35. The lowest BCUT2D eigenvalue weighted by Gasteiger charge is -2.20. The Hall–Kier alpha value is -1.50. The van der Waals surface area contributed by atoms with Gasteiger partial charge in [0.25, 0.3) is 11.7 Å². The molecule has 1 N–H and O–H groups in total. The van der Waals surface area contributed by atoms with E-state index < -0.39 is 0 Å². The van der Waals surface area contributed by atoms with Crippen LogP contribution in [-0.2, 0) is 0 Å². The van der Waals surface area contributed by atoms with Crippen LogP contribution in [0.5, 0.6) is 0 Å². The highest BCUT2D eigenvalue weighted by molar-refractivity contribution is 5.89. The van der Waals surface area contributed by atoms with E-state index in [1.54, 1.807) is 11.9 Å². The maximum absolute atomic E-state index is 11.7.